The quantitative estimate of drug-likeness (QED) is 0.935. The van der Waals surface area contributed by atoms with Crippen LogP contribution in [0.1, 0.15) is 18.1 Å². The molecule has 4 nitrogen and oxygen atoms in total. The molecule has 0 saturated heterocycles. The Hall–Kier alpha value is -2.80. The van der Waals surface area contributed by atoms with Crippen molar-refractivity contribution in [2.75, 3.05) is 5.32 Å². The van der Waals surface area contributed by atoms with Gasteiger partial charge in [-0.2, -0.15) is 5.26 Å². The van der Waals surface area contributed by atoms with E-state index in [0.29, 0.717) is 11.3 Å². The number of carbonyl (C=O) groups is 1. The first kappa shape index (κ1) is 14.6. The van der Waals surface area contributed by atoms with Crippen LogP contribution in [-0.4, -0.2) is 12.0 Å². The highest BCUT2D eigenvalue weighted by molar-refractivity contribution is 5.94. The number of nitrogens with zero attached hydrogens (tertiary/aromatic N) is 1. The molecule has 0 heterocycles. The minimum absolute atomic E-state index is 0.256. The van der Waals surface area contributed by atoms with Crippen molar-refractivity contribution in [3.8, 4) is 11.8 Å². The van der Waals surface area contributed by atoms with Gasteiger partial charge in [0.05, 0.1) is 5.56 Å². The van der Waals surface area contributed by atoms with Gasteiger partial charge in [0, 0.05) is 5.69 Å². The van der Waals surface area contributed by atoms with E-state index < -0.39 is 6.10 Å². The number of hydrogen-bond acceptors (Lipinski definition) is 3. The normalized spacial score (nSPS) is 11.3. The van der Waals surface area contributed by atoms with Crippen molar-refractivity contribution in [2.24, 2.45) is 0 Å². The number of carbonyl (C=O) groups excluding carboxylic acids is 1. The van der Waals surface area contributed by atoms with Crippen LogP contribution in [0.4, 0.5) is 5.69 Å². The average Bonchev–Trinajstić information content (AvgIpc) is 2.47. The Morgan fingerprint density at radius 2 is 2.00 bits per heavy atom. The van der Waals surface area contributed by atoms with E-state index >= 15 is 0 Å². The molecular weight excluding hydrogens is 264 g/mol. The lowest BCUT2D eigenvalue weighted by Gasteiger charge is -2.15. The number of benzene rings is 2. The van der Waals surface area contributed by atoms with Crippen LogP contribution in [0.15, 0.2) is 48.5 Å². The molecule has 1 N–H and O–H groups in total. The Bertz CT molecular complexity index is 689. The van der Waals surface area contributed by atoms with E-state index in [-0.39, 0.29) is 5.91 Å². The molecule has 106 valence electrons. The highest BCUT2D eigenvalue weighted by atomic mass is 16.5. The van der Waals surface area contributed by atoms with Crippen LogP contribution in [0.25, 0.3) is 0 Å². The van der Waals surface area contributed by atoms with Gasteiger partial charge in [-0.1, -0.05) is 24.3 Å². The summed E-state index contributed by atoms with van der Waals surface area (Å²) in [5, 5.41) is 11.8. The van der Waals surface area contributed by atoms with Crippen molar-refractivity contribution < 1.29 is 9.53 Å². The van der Waals surface area contributed by atoms with E-state index in [0.717, 1.165) is 11.3 Å². The second kappa shape index (κ2) is 6.58. The largest absolute Gasteiger partial charge is 0.480 e. The Balaban J connectivity index is 2.05. The summed E-state index contributed by atoms with van der Waals surface area (Å²) in [7, 11) is 0. The van der Waals surface area contributed by atoms with Gasteiger partial charge in [0.15, 0.2) is 6.10 Å². The smallest absolute Gasteiger partial charge is 0.265 e. The lowest BCUT2D eigenvalue weighted by atomic mass is 10.2. The Morgan fingerprint density at radius 1 is 1.24 bits per heavy atom. The number of rotatable bonds is 4. The maximum Gasteiger partial charge on any atom is 0.265 e. The predicted octanol–water partition coefficient (Wildman–Crippen LogP) is 3.27. The monoisotopic (exact) mass is 280 g/mol. The number of para-hydroxylation sites is 1. The van der Waals surface area contributed by atoms with E-state index in [2.05, 4.69) is 5.32 Å². The van der Waals surface area contributed by atoms with Crippen LogP contribution < -0.4 is 10.1 Å². The van der Waals surface area contributed by atoms with Crippen molar-refractivity contribution in [1.29, 1.82) is 5.26 Å². The molecule has 0 aliphatic rings. The molecule has 0 spiro atoms. The first-order valence-corrected chi connectivity index (χ1v) is 6.63. The Kier molecular flexibility index (Phi) is 4.57. The molecule has 1 unspecified atom stereocenters. The molecular formula is C17H16N2O2. The summed E-state index contributed by atoms with van der Waals surface area (Å²) in [6.45, 7) is 3.61. The molecule has 21 heavy (non-hydrogen) atoms. The van der Waals surface area contributed by atoms with E-state index in [1.807, 2.05) is 37.3 Å². The van der Waals surface area contributed by atoms with Gasteiger partial charge >= 0.3 is 0 Å². The summed E-state index contributed by atoms with van der Waals surface area (Å²) in [6, 6.07) is 16.4. The fraction of sp³-hybridized carbons (Fsp3) is 0.176. The predicted molar refractivity (Wildman–Crippen MR) is 81.1 cm³/mol. The van der Waals surface area contributed by atoms with Crippen LogP contribution >= 0.6 is 0 Å². The molecule has 2 aromatic rings. The van der Waals surface area contributed by atoms with Crippen molar-refractivity contribution in [3.05, 3.63) is 59.7 Å². The van der Waals surface area contributed by atoms with Crippen molar-refractivity contribution in [1.82, 2.24) is 0 Å². The maximum absolute atomic E-state index is 12.1. The van der Waals surface area contributed by atoms with Crippen LogP contribution in [0.3, 0.4) is 0 Å². The minimum atomic E-state index is -0.694. The number of nitrogens with one attached hydrogen (secondary N) is 1. The van der Waals surface area contributed by atoms with Crippen molar-refractivity contribution >= 4 is 11.6 Å². The number of nitriles is 1. The van der Waals surface area contributed by atoms with Crippen LogP contribution in [0.5, 0.6) is 5.75 Å². The van der Waals surface area contributed by atoms with Crippen LogP contribution in [0.2, 0.25) is 0 Å². The SMILES string of the molecule is Cc1cccc(NC(=O)C(C)Oc2ccccc2C#N)c1. The molecule has 1 amide bonds. The third-order valence-electron chi connectivity index (χ3n) is 2.97. The summed E-state index contributed by atoms with van der Waals surface area (Å²) < 4.78 is 5.57. The highest BCUT2D eigenvalue weighted by Crippen LogP contribution is 2.19. The van der Waals surface area contributed by atoms with E-state index in [4.69, 9.17) is 10.00 Å². The van der Waals surface area contributed by atoms with E-state index in [9.17, 15) is 4.79 Å². The standard InChI is InChI=1S/C17H16N2O2/c1-12-6-5-8-15(10-12)19-17(20)13(2)21-16-9-4-3-7-14(16)11-18/h3-10,13H,1-2H3,(H,19,20). The van der Waals surface area contributed by atoms with Gasteiger partial charge < -0.3 is 10.1 Å². The van der Waals surface area contributed by atoms with Crippen LogP contribution in [-0.2, 0) is 4.79 Å². The van der Waals surface area contributed by atoms with E-state index in [1.54, 1.807) is 31.2 Å². The first-order chi connectivity index (χ1) is 10.1. The number of anilines is 1. The molecule has 2 aromatic carbocycles. The number of amides is 1. The summed E-state index contributed by atoms with van der Waals surface area (Å²) in [5.41, 5.74) is 2.20. The lowest BCUT2D eigenvalue weighted by Crippen LogP contribution is -2.30. The third kappa shape index (κ3) is 3.83. The van der Waals surface area contributed by atoms with Gasteiger partial charge in [-0.3, -0.25) is 4.79 Å². The zero-order chi connectivity index (χ0) is 15.2. The number of aryl methyl sites for hydroxylation is 1. The molecule has 4 heteroatoms. The molecule has 1 atom stereocenters. The van der Waals surface area contributed by atoms with Crippen molar-refractivity contribution in [2.45, 2.75) is 20.0 Å². The van der Waals surface area contributed by atoms with Crippen LogP contribution in [0, 0.1) is 18.3 Å². The van der Waals surface area contributed by atoms with Gasteiger partial charge in [0.2, 0.25) is 0 Å². The molecule has 0 aliphatic carbocycles. The fourth-order valence-electron chi connectivity index (χ4n) is 1.87. The van der Waals surface area contributed by atoms with Gasteiger partial charge in [-0.15, -0.1) is 0 Å². The van der Waals surface area contributed by atoms with Gasteiger partial charge in [-0.25, -0.2) is 0 Å². The molecule has 0 aliphatic heterocycles. The minimum Gasteiger partial charge on any atom is -0.480 e. The molecule has 0 aromatic heterocycles. The maximum atomic E-state index is 12.1. The van der Waals surface area contributed by atoms with Gasteiger partial charge in [-0.05, 0) is 43.7 Å². The second-order valence-electron chi connectivity index (χ2n) is 4.73. The molecule has 0 saturated carbocycles. The summed E-state index contributed by atoms with van der Waals surface area (Å²) in [4.78, 5) is 12.1. The summed E-state index contributed by atoms with van der Waals surface area (Å²) in [5.74, 6) is 0.153. The third-order valence-corrected chi connectivity index (χ3v) is 2.97. The van der Waals surface area contributed by atoms with Gasteiger partial charge in [0.25, 0.3) is 5.91 Å². The molecule has 2 rings (SSSR count). The molecule has 0 radical (unpaired) electrons. The summed E-state index contributed by atoms with van der Waals surface area (Å²) in [6.07, 6.45) is -0.694. The lowest BCUT2D eigenvalue weighted by molar-refractivity contribution is -0.122. The first-order valence-electron chi connectivity index (χ1n) is 6.63. The van der Waals surface area contributed by atoms with E-state index in [1.165, 1.54) is 0 Å². The molecule has 0 fully saturated rings. The zero-order valence-corrected chi connectivity index (χ0v) is 12.0. The number of hydrogen-bond donors (Lipinski definition) is 1. The highest BCUT2D eigenvalue weighted by Gasteiger charge is 2.16. The topological polar surface area (TPSA) is 62.1 Å². The van der Waals surface area contributed by atoms with Gasteiger partial charge in [0.1, 0.15) is 11.8 Å². The summed E-state index contributed by atoms with van der Waals surface area (Å²) >= 11 is 0. The average molecular weight is 280 g/mol. The second-order valence-corrected chi connectivity index (χ2v) is 4.73. The molecule has 0 bridgehead atoms. The Labute approximate surface area is 124 Å². The fourth-order valence-corrected chi connectivity index (χ4v) is 1.87. The Morgan fingerprint density at radius 3 is 2.71 bits per heavy atom. The number of ether oxygens (including phenoxy) is 1. The zero-order valence-electron chi connectivity index (χ0n) is 12.0. The van der Waals surface area contributed by atoms with Crippen molar-refractivity contribution in [3.63, 3.8) is 0 Å².